The number of hydrogen-bond donors (Lipinski definition) is 1. The van der Waals surface area contributed by atoms with E-state index in [1.54, 1.807) is 25.6 Å². The number of nitrogens with zero attached hydrogens (tertiary/aromatic N) is 1. The first-order valence-electron chi connectivity index (χ1n) is 6.23. The molecule has 0 unspecified atom stereocenters. The van der Waals surface area contributed by atoms with Crippen LogP contribution in [-0.2, 0) is 13.0 Å². The fourth-order valence-electron chi connectivity index (χ4n) is 2.22. The van der Waals surface area contributed by atoms with E-state index in [0.29, 0.717) is 0 Å². The molecule has 2 heterocycles. The number of thiazole rings is 1. The second kappa shape index (κ2) is 8.12. The minimum Gasteiger partial charge on any atom is -0.493 e. The maximum absolute atomic E-state index is 5.34. The van der Waals surface area contributed by atoms with E-state index in [4.69, 9.17) is 14.5 Å². The van der Waals surface area contributed by atoms with E-state index in [1.165, 1.54) is 10.6 Å². The van der Waals surface area contributed by atoms with Gasteiger partial charge in [-0.25, -0.2) is 4.98 Å². The summed E-state index contributed by atoms with van der Waals surface area (Å²) in [6.45, 7) is 1.95. The first kappa shape index (κ1) is 18.4. The number of hydrogen-bond acceptors (Lipinski definition) is 5. The molecule has 0 amide bonds. The molecular weight excluding hydrogens is 420 g/mol. The Morgan fingerprint density at radius 2 is 1.90 bits per heavy atom. The van der Waals surface area contributed by atoms with Crippen LogP contribution in [-0.4, -0.2) is 25.7 Å². The molecule has 1 aromatic carbocycles. The zero-order valence-electron chi connectivity index (χ0n) is 11.8. The van der Waals surface area contributed by atoms with Gasteiger partial charge in [-0.05, 0) is 18.2 Å². The van der Waals surface area contributed by atoms with Crippen molar-refractivity contribution in [2.75, 3.05) is 20.8 Å². The second-order valence-corrected chi connectivity index (χ2v) is 5.47. The molecule has 4 nitrogen and oxygen atoms in total. The monoisotopic (exact) mass is 436 g/mol. The molecule has 0 atom stereocenters. The predicted octanol–water partition coefficient (Wildman–Crippen LogP) is 3.63. The Hall–Kier alpha value is -0.630. The van der Waals surface area contributed by atoms with Crippen LogP contribution in [0.25, 0.3) is 10.6 Å². The van der Waals surface area contributed by atoms with Crippen molar-refractivity contribution < 1.29 is 9.47 Å². The highest BCUT2D eigenvalue weighted by molar-refractivity contribution is 8.93. The van der Waals surface area contributed by atoms with Crippen LogP contribution < -0.4 is 14.8 Å². The van der Waals surface area contributed by atoms with Crippen LogP contribution in [0, 0.1) is 0 Å². The van der Waals surface area contributed by atoms with Gasteiger partial charge in [0.25, 0.3) is 0 Å². The fourth-order valence-corrected chi connectivity index (χ4v) is 3.29. The van der Waals surface area contributed by atoms with Gasteiger partial charge in [0, 0.05) is 30.0 Å². The van der Waals surface area contributed by atoms with Crippen molar-refractivity contribution in [2.24, 2.45) is 0 Å². The summed E-state index contributed by atoms with van der Waals surface area (Å²) in [5.41, 5.74) is 2.31. The topological polar surface area (TPSA) is 43.4 Å². The van der Waals surface area contributed by atoms with Gasteiger partial charge in [-0.15, -0.1) is 45.3 Å². The average molecular weight is 438 g/mol. The van der Waals surface area contributed by atoms with E-state index in [2.05, 4.69) is 5.32 Å². The number of benzene rings is 1. The Bertz CT molecular complexity index is 581. The summed E-state index contributed by atoms with van der Waals surface area (Å²) >= 11 is 1.75. The molecule has 1 N–H and O–H groups in total. The lowest BCUT2D eigenvalue weighted by atomic mass is 10.2. The second-order valence-electron chi connectivity index (χ2n) is 4.39. The Balaban J connectivity index is 0.00000110. The summed E-state index contributed by atoms with van der Waals surface area (Å²) in [4.78, 5) is 6.08. The molecule has 1 aromatic heterocycles. The van der Waals surface area contributed by atoms with Crippen LogP contribution in [0.4, 0.5) is 0 Å². The molecule has 0 saturated carbocycles. The first-order chi connectivity index (χ1) is 9.31. The van der Waals surface area contributed by atoms with Crippen molar-refractivity contribution >= 4 is 45.3 Å². The Labute approximate surface area is 149 Å². The van der Waals surface area contributed by atoms with Crippen molar-refractivity contribution in [1.82, 2.24) is 10.3 Å². The maximum atomic E-state index is 5.34. The van der Waals surface area contributed by atoms with E-state index < -0.39 is 0 Å². The van der Waals surface area contributed by atoms with Gasteiger partial charge in [0.1, 0.15) is 5.01 Å². The van der Waals surface area contributed by atoms with Gasteiger partial charge < -0.3 is 14.8 Å². The summed E-state index contributed by atoms with van der Waals surface area (Å²) in [7, 11) is 3.30. The van der Waals surface area contributed by atoms with Gasteiger partial charge in [0.15, 0.2) is 11.5 Å². The SMILES string of the molecule is Br.Br.COc1ccc(-c2nc3c(s2)CNCC3)cc1OC. The molecule has 1 aliphatic heterocycles. The lowest BCUT2D eigenvalue weighted by molar-refractivity contribution is 0.355. The number of nitrogens with one attached hydrogen (secondary N) is 1. The molecule has 0 fully saturated rings. The average Bonchev–Trinajstić information content (AvgIpc) is 2.90. The van der Waals surface area contributed by atoms with Crippen LogP contribution in [0.1, 0.15) is 10.6 Å². The van der Waals surface area contributed by atoms with Gasteiger partial charge >= 0.3 is 0 Å². The molecular formula is C14H18Br2N2O2S. The number of ether oxygens (including phenoxy) is 2. The summed E-state index contributed by atoms with van der Waals surface area (Å²) < 4.78 is 10.6. The summed E-state index contributed by atoms with van der Waals surface area (Å²) in [5.74, 6) is 1.49. The Morgan fingerprint density at radius 1 is 1.14 bits per heavy atom. The van der Waals surface area contributed by atoms with Crippen molar-refractivity contribution in [3.8, 4) is 22.1 Å². The molecule has 0 aliphatic carbocycles. The third-order valence-corrected chi connectivity index (χ3v) is 4.38. The zero-order valence-corrected chi connectivity index (χ0v) is 16.1. The van der Waals surface area contributed by atoms with Gasteiger partial charge in [-0.3, -0.25) is 0 Å². The summed E-state index contributed by atoms with van der Waals surface area (Å²) in [6, 6.07) is 5.93. The molecule has 0 spiro atoms. The van der Waals surface area contributed by atoms with E-state index in [9.17, 15) is 0 Å². The number of methoxy groups -OCH3 is 2. The minimum absolute atomic E-state index is 0. The zero-order chi connectivity index (χ0) is 13.2. The maximum Gasteiger partial charge on any atom is 0.161 e. The molecule has 1 aliphatic rings. The molecule has 0 bridgehead atoms. The number of halogens is 2. The van der Waals surface area contributed by atoms with Crippen LogP contribution in [0.15, 0.2) is 18.2 Å². The quantitative estimate of drug-likeness (QED) is 0.796. The highest BCUT2D eigenvalue weighted by Gasteiger charge is 2.16. The minimum atomic E-state index is 0. The number of aromatic nitrogens is 1. The van der Waals surface area contributed by atoms with Crippen molar-refractivity contribution in [1.29, 1.82) is 0 Å². The molecule has 0 radical (unpaired) electrons. The van der Waals surface area contributed by atoms with Gasteiger partial charge in [-0.2, -0.15) is 0 Å². The van der Waals surface area contributed by atoms with Crippen molar-refractivity contribution in [2.45, 2.75) is 13.0 Å². The molecule has 0 saturated heterocycles. The summed E-state index contributed by atoms with van der Waals surface area (Å²) in [6.07, 6.45) is 1.01. The van der Waals surface area contributed by atoms with Crippen LogP contribution in [0.2, 0.25) is 0 Å². The first-order valence-corrected chi connectivity index (χ1v) is 7.05. The molecule has 3 rings (SSSR count). The largest absolute Gasteiger partial charge is 0.493 e. The van der Waals surface area contributed by atoms with Gasteiger partial charge in [0.05, 0.1) is 19.9 Å². The third kappa shape index (κ3) is 3.77. The fraction of sp³-hybridized carbons (Fsp3) is 0.357. The Morgan fingerprint density at radius 3 is 2.57 bits per heavy atom. The van der Waals surface area contributed by atoms with Crippen molar-refractivity contribution in [3.63, 3.8) is 0 Å². The molecule has 116 valence electrons. The standard InChI is InChI=1S/C14H16N2O2S.2BrH/c1-17-11-4-3-9(7-12(11)18-2)14-16-10-5-6-15-8-13(10)19-14;;/h3-4,7,15H,5-6,8H2,1-2H3;2*1H. The molecule has 21 heavy (non-hydrogen) atoms. The van der Waals surface area contributed by atoms with E-state index in [0.717, 1.165) is 41.6 Å². The van der Waals surface area contributed by atoms with Crippen LogP contribution >= 0.6 is 45.3 Å². The van der Waals surface area contributed by atoms with Crippen LogP contribution in [0.3, 0.4) is 0 Å². The highest BCUT2D eigenvalue weighted by atomic mass is 79.9. The lowest BCUT2D eigenvalue weighted by Crippen LogP contribution is -2.22. The molecule has 2 aromatic rings. The Kier molecular flexibility index (Phi) is 7.12. The van der Waals surface area contributed by atoms with E-state index in [-0.39, 0.29) is 34.0 Å². The number of fused-ring (bicyclic) bond motifs is 1. The van der Waals surface area contributed by atoms with Gasteiger partial charge in [-0.1, -0.05) is 0 Å². The normalized spacial score (nSPS) is 12.7. The molecule has 7 heteroatoms. The smallest absolute Gasteiger partial charge is 0.161 e. The van der Waals surface area contributed by atoms with Gasteiger partial charge in [0.2, 0.25) is 0 Å². The van der Waals surface area contributed by atoms with E-state index >= 15 is 0 Å². The van der Waals surface area contributed by atoms with Crippen LogP contribution in [0.5, 0.6) is 11.5 Å². The third-order valence-electron chi connectivity index (χ3n) is 3.23. The van der Waals surface area contributed by atoms with E-state index in [1.807, 2.05) is 18.2 Å². The predicted molar refractivity (Wildman–Crippen MR) is 96.7 cm³/mol. The summed E-state index contributed by atoms with van der Waals surface area (Å²) in [5, 5.41) is 4.42. The number of rotatable bonds is 3. The van der Waals surface area contributed by atoms with Crippen molar-refractivity contribution in [3.05, 3.63) is 28.8 Å². The lowest BCUT2D eigenvalue weighted by Gasteiger charge is -2.09. The highest BCUT2D eigenvalue weighted by Crippen LogP contribution is 2.35.